The molecule has 2 rings (SSSR count). The smallest absolute Gasteiger partial charge is 0.192 e. The topological polar surface area (TPSA) is 42.9 Å². The first-order valence-corrected chi connectivity index (χ1v) is 5.43. The number of thioether (sulfide) groups is 1. The van der Waals surface area contributed by atoms with Gasteiger partial charge in [0.05, 0.1) is 0 Å². The van der Waals surface area contributed by atoms with E-state index in [1.807, 2.05) is 11.8 Å². The zero-order valence-corrected chi connectivity index (χ0v) is 8.01. The molecule has 0 N–H and O–H groups in total. The van der Waals surface area contributed by atoms with E-state index in [0.717, 1.165) is 30.0 Å². The zero-order valence-electron chi connectivity index (χ0n) is 7.19. The second-order valence-corrected chi connectivity index (χ2v) is 4.16. The van der Waals surface area contributed by atoms with E-state index in [2.05, 4.69) is 9.97 Å². The minimum absolute atomic E-state index is 0.311. The monoisotopic (exact) mass is 194 g/mol. The highest BCUT2D eigenvalue weighted by atomic mass is 32.2. The molecule has 3 nitrogen and oxygen atoms in total. The standard InChI is InChI=1S/C9H10N2OS/c12-6-9-10-5-7-1-3-13-4-2-8(7)11-9/h5-6H,1-4H2. The van der Waals surface area contributed by atoms with Gasteiger partial charge in [-0.15, -0.1) is 0 Å². The van der Waals surface area contributed by atoms with Gasteiger partial charge in [-0.1, -0.05) is 0 Å². The maximum atomic E-state index is 10.4. The number of hydrogen-bond acceptors (Lipinski definition) is 4. The lowest BCUT2D eigenvalue weighted by molar-refractivity contribution is 0.111. The summed E-state index contributed by atoms with van der Waals surface area (Å²) in [6.07, 6.45) is 4.48. The third-order valence-electron chi connectivity index (χ3n) is 2.08. The highest BCUT2D eigenvalue weighted by Crippen LogP contribution is 2.17. The number of fused-ring (bicyclic) bond motifs is 1. The van der Waals surface area contributed by atoms with Gasteiger partial charge in [0.25, 0.3) is 0 Å². The van der Waals surface area contributed by atoms with Gasteiger partial charge >= 0.3 is 0 Å². The van der Waals surface area contributed by atoms with E-state index < -0.39 is 0 Å². The van der Waals surface area contributed by atoms with Crippen LogP contribution in [0.2, 0.25) is 0 Å². The summed E-state index contributed by atoms with van der Waals surface area (Å²) in [5.41, 5.74) is 2.26. The van der Waals surface area contributed by atoms with Gasteiger partial charge in [-0.3, -0.25) is 4.79 Å². The number of carbonyl (C=O) groups excluding carboxylic acids is 1. The molecular formula is C9H10N2OS. The Kier molecular flexibility index (Phi) is 2.59. The first-order valence-electron chi connectivity index (χ1n) is 4.28. The molecule has 0 amide bonds. The molecule has 2 heterocycles. The van der Waals surface area contributed by atoms with E-state index in [1.165, 1.54) is 5.56 Å². The van der Waals surface area contributed by atoms with E-state index in [1.54, 1.807) is 6.20 Å². The lowest BCUT2D eigenvalue weighted by atomic mass is 10.1. The first-order chi connectivity index (χ1) is 6.40. The van der Waals surface area contributed by atoms with Crippen LogP contribution in [0.5, 0.6) is 0 Å². The summed E-state index contributed by atoms with van der Waals surface area (Å²) in [5.74, 6) is 2.55. The normalized spacial score (nSPS) is 16.0. The molecule has 4 heteroatoms. The third-order valence-corrected chi connectivity index (χ3v) is 3.06. The van der Waals surface area contributed by atoms with E-state index in [-0.39, 0.29) is 0 Å². The van der Waals surface area contributed by atoms with Gasteiger partial charge < -0.3 is 0 Å². The molecule has 1 aromatic rings. The Labute approximate surface area is 81.0 Å². The molecule has 13 heavy (non-hydrogen) atoms. The average molecular weight is 194 g/mol. The summed E-state index contributed by atoms with van der Waals surface area (Å²) >= 11 is 1.93. The van der Waals surface area contributed by atoms with Crippen LogP contribution in [0.15, 0.2) is 6.20 Å². The predicted octanol–water partition coefficient (Wildman–Crippen LogP) is 1.12. The second-order valence-electron chi connectivity index (χ2n) is 2.93. The second kappa shape index (κ2) is 3.87. The van der Waals surface area contributed by atoms with Gasteiger partial charge in [0.15, 0.2) is 12.1 Å². The Balaban J connectivity index is 2.37. The van der Waals surface area contributed by atoms with E-state index >= 15 is 0 Å². The van der Waals surface area contributed by atoms with Gasteiger partial charge in [-0.05, 0) is 29.9 Å². The summed E-state index contributed by atoms with van der Waals surface area (Å²) in [7, 11) is 0. The van der Waals surface area contributed by atoms with Crippen molar-refractivity contribution in [2.75, 3.05) is 11.5 Å². The minimum atomic E-state index is 0.311. The minimum Gasteiger partial charge on any atom is -0.294 e. The lowest BCUT2D eigenvalue weighted by Gasteiger charge is -2.02. The SMILES string of the molecule is O=Cc1ncc2c(n1)CCSCC2. The van der Waals surface area contributed by atoms with E-state index in [9.17, 15) is 4.79 Å². The van der Waals surface area contributed by atoms with Crippen molar-refractivity contribution in [1.82, 2.24) is 9.97 Å². The highest BCUT2D eigenvalue weighted by Gasteiger charge is 2.10. The van der Waals surface area contributed by atoms with Crippen molar-refractivity contribution >= 4 is 18.0 Å². The lowest BCUT2D eigenvalue weighted by Crippen LogP contribution is -2.03. The van der Waals surface area contributed by atoms with E-state index in [4.69, 9.17) is 0 Å². The van der Waals surface area contributed by atoms with Crippen molar-refractivity contribution in [3.05, 3.63) is 23.3 Å². The quantitative estimate of drug-likeness (QED) is 0.628. The van der Waals surface area contributed by atoms with Crippen LogP contribution in [-0.2, 0) is 12.8 Å². The van der Waals surface area contributed by atoms with Crippen molar-refractivity contribution < 1.29 is 4.79 Å². The fraction of sp³-hybridized carbons (Fsp3) is 0.444. The molecule has 1 aliphatic rings. The molecule has 0 saturated carbocycles. The molecule has 68 valence electrons. The largest absolute Gasteiger partial charge is 0.294 e. The van der Waals surface area contributed by atoms with Gasteiger partial charge in [0, 0.05) is 11.9 Å². The van der Waals surface area contributed by atoms with E-state index in [0.29, 0.717) is 12.1 Å². The molecule has 0 unspecified atom stereocenters. The van der Waals surface area contributed by atoms with Crippen LogP contribution >= 0.6 is 11.8 Å². The number of carbonyl (C=O) groups is 1. The van der Waals surface area contributed by atoms with Crippen LogP contribution < -0.4 is 0 Å². The Morgan fingerprint density at radius 1 is 1.38 bits per heavy atom. The average Bonchev–Trinajstić information content (AvgIpc) is 2.41. The Morgan fingerprint density at radius 3 is 3.08 bits per heavy atom. The molecule has 0 aromatic carbocycles. The first kappa shape index (κ1) is 8.69. The van der Waals surface area contributed by atoms with Crippen LogP contribution in [0.3, 0.4) is 0 Å². The summed E-state index contributed by atoms with van der Waals surface area (Å²) < 4.78 is 0. The van der Waals surface area contributed by atoms with Crippen LogP contribution in [-0.4, -0.2) is 27.8 Å². The number of aldehydes is 1. The molecule has 0 spiro atoms. The molecule has 0 radical (unpaired) electrons. The summed E-state index contributed by atoms with van der Waals surface area (Å²) in [5, 5.41) is 0. The number of aryl methyl sites for hydroxylation is 2. The highest BCUT2D eigenvalue weighted by molar-refractivity contribution is 7.99. The zero-order chi connectivity index (χ0) is 9.10. The molecule has 0 atom stereocenters. The van der Waals surface area contributed by atoms with Gasteiger partial charge in [0.1, 0.15) is 0 Å². The maximum Gasteiger partial charge on any atom is 0.192 e. The number of rotatable bonds is 1. The Hall–Kier alpha value is -0.900. The molecular weight excluding hydrogens is 184 g/mol. The molecule has 1 aromatic heterocycles. The fourth-order valence-electron chi connectivity index (χ4n) is 1.39. The third kappa shape index (κ3) is 1.88. The van der Waals surface area contributed by atoms with Crippen molar-refractivity contribution in [3.63, 3.8) is 0 Å². The molecule has 1 aliphatic heterocycles. The predicted molar refractivity (Wildman–Crippen MR) is 52.2 cm³/mol. The van der Waals surface area contributed by atoms with Crippen LogP contribution in [0.4, 0.5) is 0 Å². The van der Waals surface area contributed by atoms with Crippen molar-refractivity contribution in [2.45, 2.75) is 12.8 Å². The summed E-state index contributed by atoms with van der Waals surface area (Å²) in [6.45, 7) is 0. The number of aromatic nitrogens is 2. The van der Waals surface area contributed by atoms with Gasteiger partial charge in [-0.25, -0.2) is 9.97 Å². The van der Waals surface area contributed by atoms with Gasteiger partial charge in [-0.2, -0.15) is 11.8 Å². The van der Waals surface area contributed by atoms with Crippen LogP contribution in [0, 0.1) is 0 Å². The van der Waals surface area contributed by atoms with Crippen LogP contribution in [0.25, 0.3) is 0 Å². The fourth-order valence-corrected chi connectivity index (χ4v) is 2.30. The number of hydrogen-bond donors (Lipinski definition) is 0. The molecule has 0 fully saturated rings. The summed E-state index contributed by atoms with van der Waals surface area (Å²) in [6, 6.07) is 0. The summed E-state index contributed by atoms with van der Waals surface area (Å²) in [4.78, 5) is 18.6. The van der Waals surface area contributed by atoms with Crippen molar-refractivity contribution in [1.29, 1.82) is 0 Å². The molecule has 0 aliphatic carbocycles. The number of nitrogens with zero attached hydrogens (tertiary/aromatic N) is 2. The molecule has 0 bridgehead atoms. The molecule has 0 saturated heterocycles. The van der Waals surface area contributed by atoms with Crippen molar-refractivity contribution in [2.24, 2.45) is 0 Å². The Morgan fingerprint density at radius 2 is 2.23 bits per heavy atom. The maximum absolute atomic E-state index is 10.4. The Bertz CT molecular complexity index is 327. The van der Waals surface area contributed by atoms with Crippen LogP contribution in [0.1, 0.15) is 21.9 Å². The van der Waals surface area contributed by atoms with Crippen molar-refractivity contribution in [3.8, 4) is 0 Å². The van der Waals surface area contributed by atoms with Gasteiger partial charge in [0.2, 0.25) is 0 Å².